The van der Waals surface area contributed by atoms with Crippen molar-refractivity contribution in [2.24, 2.45) is 0 Å². The van der Waals surface area contributed by atoms with Crippen molar-refractivity contribution < 1.29 is 28.9 Å². The number of aromatic hydroxyl groups is 1. The van der Waals surface area contributed by atoms with E-state index in [0.29, 0.717) is 4.70 Å². The summed E-state index contributed by atoms with van der Waals surface area (Å²) in [6.45, 7) is 0. The van der Waals surface area contributed by atoms with Gasteiger partial charge in [0.1, 0.15) is 0 Å². The summed E-state index contributed by atoms with van der Waals surface area (Å²) in [6.07, 6.45) is -0.420. The highest BCUT2D eigenvalue weighted by Crippen LogP contribution is 2.39. The Labute approximate surface area is 117 Å². The minimum absolute atomic E-state index is 0.0126. The fraction of sp³-hybridized carbons (Fsp3) is 0.231. The molecule has 0 spiro atoms. The number of ketones is 1. The second kappa shape index (κ2) is 5.46. The molecule has 0 aliphatic heterocycles. The number of carboxylic acid groups (broad SMARTS) is 1. The summed E-state index contributed by atoms with van der Waals surface area (Å²) in [6, 6.07) is 2.76. The number of benzene rings is 1. The molecule has 1 aromatic heterocycles. The molecule has 0 aliphatic rings. The summed E-state index contributed by atoms with van der Waals surface area (Å²) in [4.78, 5) is 22.5. The fourth-order valence-corrected chi connectivity index (χ4v) is 2.80. The smallest absolute Gasteiger partial charge is 0.303 e. The van der Waals surface area contributed by atoms with Crippen LogP contribution in [0.1, 0.15) is 22.5 Å². The molecule has 1 heterocycles. The molecule has 0 aliphatic carbocycles. The van der Waals surface area contributed by atoms with Gasteiger partial charge in [-0.05, 0) is 6.07 Å². The SMILES string of the molecule is COc1cc2sc(C(=O)CCC(=O)O)cc2c(F)c1O. The maximum Gasteiger partial charge on any atom is 0.303 e. The average Bonchev–Trinajstić information content (AvgIpc) is 2.84. The van der Waals surface area contributed by atoms with Gasteiger partial charge in [0.05, 0.1) is 18.4 Å². The highest BCUT2D eigenvalue weighted by molar-refractivity contribution is 7.20. The number of methoxy groups -OCH3 is 1. The third-order valence-electron chi connectivity index (χ3n) is 2.76. The maximum absolute atomic E-state index is 13.9. The van der Waals surface area contributed by atoms with E-state index in [1.54, 1.807) is 0 Å². The number of aliphatic carboxylic acids is 1. The molecule has 0 fully saturated rings. The first-order valence-corrected chi connectivity index (χ1v) is 6.49. The Morgan fingerprint density at radius 3 is 2.65 bits per heavy atom. The van der Waals surface area contributed by atoms with Crippen molar-refractivity contribution in [3.05, 3.63) is 22.8 Å². The maximum atomic E-state index is 13.9. The van der Waals surface area contributed by atoms with E-state index < -0.39 is 17.5 Å². The van der Waals surface area contributed by atoms with Gasteiger partial charge >= 0.3 is 5.97 Å². The predicted octanol–water partition coefficient (Wildman–Crippen LogP) is 2.80. The van der Waals surface area contributed by atoms with Crippen LogP contribution < -0.4 is 4.74 Å². The average molecular weight is 298 g/mol. The minimum Gasteiger partial charge on any atom is -0.502 e. The standard InChI is InChI=1S/C13H11FO5S/c1-19-8-5-9-6(12(14)13(8)18)4-10(20-9)7(15)2-3-11(16)17/h4-5,18H,2-3H2,1H3,(H,16,17). The molecule has 0 unspecified atom stereocenters. The molecule has 2 aromatic rings. The number of carbonyl (C=O) groups excluding carboxylic acids is 1. The first-order valence-electron chi connectivity index (χ1n) is 5.68. The molecular weight excluding hydrogens is 287 g/mol. The summed E-state index contributed by atoms with van der Waals surface area (Å²) < 4.78 is 19.2. The van der Waals surface area contributed by atoms with E-state index in [9.17, 15) is 19.1 Å². The van der Waals surface area contributed by atoms with Crippen LogP contribution in [0.25, 0.3) is 10.1 Å². The Balaban J connectivity index is 2.41. The lowest BCUT2D eigenvalue weighted by atomic mass is 10.1. The van der Waals surface area contributed by atoms with Crippen LogP contribution in [0.2, 0.25) is 0 Å². The van der Waals surface area contributed by atoms with E-state index >= 15 is 0 Å². The zero-order valence-corrected chi connectivity index (χ0v) is 11.3. The second-order valence-corrected chi connectivity index (χ2v) is 5.16. The molecule has 7 heteroatoms. The van der Waals surface area contributed by atoms with Gasteiger partial charge in [0, 0.05) is 22.6 Å². The van der Waals surface area contributed by atoms with Gasteiger partial charge in [0.2, 0.25) is 0 Å². The van der Waals surface area contributed by atoms with Crippen molar-refractivity contribution in [1.29, 1.82) is 0 Å². The van der Waals surface area contributed by atoms with Crippen LogP contribution in [0.15, 0.2) is 12.1 Å². The molecule has 0 saturated heterocycles. The van der Waals surface area contributed by atoms with Gasteiger partial charge in [-0.1, -0.05) is 0 Å². The molecule has 2 N–H and O–H groups in total. The van der Waals surface area contributed by atoms with E-state index in [4.69, 9.17) is 9.84 Å². The predicted molar refractivity (Wildman–Crippen MR) is 71.2 cm³/mol. The molecule has 0 atom stereocenters. The third kappa shape index (κ3) is 2.57. The highest BCUT2D eigenvalue weighted by Gasteiger charge is 2.18. The number of hydrogen-bond donors (Lipinski definition) is 2. The number of halogens is 1. The number of carbonyl (C=O) groups is 2. The number of fused-ring (bicyclic) bond motifs is 1. The van der Waals surface area contributed by atoms with Crippen molar-refractivity contribution in [3.8, 4) is 11.5 Å². The monoisotopic (exact) mass is 298 g/mol. The van der Waals surface area contributed by atoms with Crippen LogP contribution in [0.5, 0.6) is 11.5 Å². The first kappa shape index (κ1) is 14.3. The van der Waals surface area contributed by atoms with Gasteiger partial charge in [-0.15, -0.1) is 11.3 Å². The molecular formula is C13H11FO5S. The summed E-state index contributed by atoms with van der Waals surface area (Å²) in [5.41, 5.74) is 0. The van der Waals surface area contributed by atoms with E-state index in [-0.39, 0.29) is 34.6 Å². The van der Waals surface area contributed by atoms with Crippen LogP contribution in [-0.4, -0.2) is 29.1 Å². The van der Waals surface area contributed by atoms with Crippen LogP contribution in [0.4, 0.5) is 4.39 Å². The quantitative estimate of drug-likeness (QED) is 0.829. The number of ether oxygens (including phenoxy) is 1. The summed E-state index contributed by atoms with van der Waals surface area (Å²) in [5, 5.41) is 18.2. The topological polar surface area (TPSA) is 83.8 Å². The number of phenols is 1. The lowest BCUT2D eigenvalue weighted by Crippen LogP contribution is -2.01. The van der Waals surface area contributed by atoms with Gasteiger partial charge in [-0.25, -0.2) is 4.39 Å². The fourth-order valence-electron chi connectivity index (χ4n) is 1.74. The Morgan fingerprint density at radius 1 is 1.35 bits per heavy atom. The van der Waals surface area contributed by atoms with Crippen molar-refractivity contribution in [2.75, 3.05) is 7.11 Å². The van der Waals surface area contributed by atoms with E-state index in [2.05, 4.69) is 0 Å². The number of phenolic OH excluding ortho intramolecular Hbond substituents is 1. The summed E-state index contributed by atoms with van der Waals surface area (Å²) >= 11 is 1.04. The number of Topliss-reactive ketones (excluding diaryl/α,β-unsaturated/α-hetero) is 1. The van der Waals surface area contributed by atoms with Gasteiger partial charge in [-0.2, -0.15) is 0 Å². The molecule has 0 bridgehead atoms. The van der Waals surface area contributed by atoms with E-state index in [0.717, 1.165) is 11.3 Å². The Kier molecular flexibility index (Phi) is 3.89. The lowest BCUT2D eigenvalue weighted by molar-refractivity contribution is -0.136. The van der Waals surface area contributed by atoms with Crippen LogP contribution in [-0.2, 0) is 4.79 Å². The summed E-state index contributed by atoms with van der Waals surface area (Å²) in [5.74, 6) is -2.91. The van der Waals surface area contributed by atoms with Gasteiger partial charge in [0.15, 0.2) is 23.1 Å². The third-order valence-corrected chi connectivity index (χ3v) is 3.88. The molecule has 1 aromatic carbocycles. The molecule has 106 valence electrons. The van der Waals surface area contributed by atoms with Crippen LogP contribution >= 0.6 is 11.3 Å². The van der Waals surface area contributed by atoms with Crippen molar-refractivity contribution >= 4 is 33.2 Å². The Morgan fingerprint density at radius 2 is 2.05 bits per heavy atom. The van der Waals surface area contributed by atoms with Crippen LogP contribution in [0, 0.1) is 5.82 Å². The molecule has 0 amide bonds. The normalized spacial score (nSPS) is 10.7. The van der Waals surface area contributed by atoms with Crippen molar-refractivity contribution in [3.63, 3.8) is 0 Å². The summed E-state index contributed by atoms with van der Waals surface area (Å²) in [7, 11) is 1.30. The Hall–Kier alpha value is -2.15. The van der Waals surface area contributed by atoms with E-state index in [1.807, 2.05) is 0 Å². The highest BCUT2D eigenvalue weighted by atomic mass is 32.1. The zero-order valence-electron chi connectivity index (χ0n) is 10.5. The van der Waals surface area contributed by atoms with Crippen molar-refractivity contribution in [2.45, 2.75) is 12.8 Å². The number of carboxylic acids is 1. The molecule has 0 saturated carbocycles. The molecule has 5 nitrogen and oxygen atoms in total. The number of rotatable bonds is 5. The molecule has 20 heavy (non-hydrogen) atoms. The number of hydrogen-bond acceptors (Lipinski definition) is 5. The first-order chi connectivity index (χ1) is 9.43. The van der Waals surface area contributed by atoms with Gasteiger partial charge in [-0.3, -0.25) is 9.59 Å². The van der Waals surface area contributed by atoms with E-state index in [1.165, 1.54) is 19.2 Å². The van der Waals surface area contributed by atoms with Crippen molar-refractivity contribution in [1.82, 2.24) is 0 Å². The zero-order chi connectivity index (χ0) is 14.9. The molecule has 2 rings (SSSR count). The van der Waals surface area contributed by atoms with Crippen LogP contribution in [0.3, 0.4) is 0 Å². The molecule has 0 radical (unpaired) electrons. The second-order valence-electron chi connectivity index (χ2n) is 4.08. The lowest BCUT2D eigenvalue weighted by Gasteiger charge is -2.04. The van der Waals surface area contributed by atoms with Gasteiger partial charge in [0.25, 0.3) is 0 Å². The Bertz CT molecular complexity index is 692. The minimum atomic E-state index is -1.06. The number of thiophene rings is 1. The largest absolute Gasteiger partial charge is 0.502 e. The van der Waals surface area contributed by atoms with Gasteiger partial charge < -0.3 is 14.9 Å².